The largest absolute Gasteiger partial charge is 0.478 e. The van der Waals surface area contributed by atoms with E-state index in [1.165, 1.54) is 0 Å². The minimum Gasteiger partial charge on any atom is -0.478 e. The van der Waals surface area contributed by atoms with Crippen molar-refractivity contribution in [2.45, 2.75) is 0 Å². The van der Waals surface area contributed by atoms with Crippen molar-refractivity contribution in [1.82, 2.24) is 0 Å². The van der Waals surface area contributed by atoms with E-state index < -0.39 is 11.9 Å². The molecule has 6 nitrogen and oxygen atoms in total. The highest BCUT2D eigenvalue weighted by Crippen LogP contribution is 1.94. The molecular formula is C10H18O6S. The zero-order chi connectivity index (χ0) is 14.1. The lowest BCUT2D eigenvalue weighted by Gasteiger charge is -1.90. The van der Waals surface area contributed by atoms with Crippen molar-refractivity contribution in [3.63, 3.8) is 0 Å². The first kappa shape index (κ1) is 21.0. The van der Waals surface area contributed by atoms with E-state index in [9.17, 15) is 9.59 Å². The molecule has 0 bridgehead atoms. The van der Waals surface area contributed by atoms with Crippen LogP contribution in [-0.4, -0.2) is 57.1 Å². The molecule has 0 aliphatic rings. The van der Waals surface area contributed by atoms with Crippen molar-refractivity contribution in [3.05, 3.63) is 25.3 Å². The number of carbonyl (C=O) groups is 2. The van der Waals surface area contributed by atoms with Crippen LogP contribution >= 0.6 is 11.8 Å². The zero-order valence-corrected chi connectivity index (χ0v) is 10.2. The Morgan fingerprint density at radius 2 is 1.18 bits per heavy atom. The Morgan fingerprint density at radius 3 is 1.29 bits per heavy atom. The van der Waals surface area contributed by atoms with Gasteiger partial charge in [0.25, 0.3) is 0 Å². The highest BCUT2D eigenvalue weighted by atomic mass is 32.2. The minimum absolute atomic E-state index is 0.213. The molecule has 0 aromatic rings. The van der Waals surface area contributed by atoms with E-state index in [0.717, 1.165) is 23.7 Å². The summed E-state index contributed by atoms with van der Waals surface area (Å²) < 4.78 is 0. The van der Waals surface area contributed by atoms with Gasteiger partial charge in [0, 0.05) is 23.7 Å². The van der Waals surface area contributed by atoms with Gasteiger partial charge in [0.15, 0.2) is 0 Å². The molecule has 0 fully saturated rings. The van der Waals surface area contributed by atoms with Gasteiger partial charge in [0.2, 0.25) is 0 Å². The van der Waals surface area contributed by atoms with Gasteiger partial charge in [-0.3, -0.25) is 0 Å². The van der Waals surface area contributed by atoms with Crippen LogP contribution in [0.2, 0.25) is 0 Å². The molecule has 0 radical (unpaired) electrons. The van der Waals surface area contributed by atoms with Gasteiger partial charge in [0.1, 0.15) is 0 Å². The van der Waals surface area contributed by atoms with E-state index in [4.69, 9.17) is 20.4 Å². The van der Waals surface area contributed by atoms with Crippen molar-refractivity contribution >= 4 is 23.7 Å². The van der Waals surface area contributed by atoms with Crippen molar-refractivity contribution in [2.75, 3.05) is 24.7 Å². The van der Waals surface area contributed by atoms with Crippen LogP contribution in [0.1, 0.15) is 0 Å². The fourth-order valence-corrected chi connectivity index (χ4v) is 0.693. The lowest BCUT2D eigenvalue weighted by Crippen LogP contribution is -1.91. The Kier molecular flexibility index (Phi) is 24.9. The highest BCUT2D eigenvalue weighted by Gasteiger charge is 1.81. The molecule has 0 saturated heterocycles. The quantitative estimate of drug-likeness (QED) is 0.401. The highest BCUT2D eigenvalue weighted by molar-refractivity contribution is 7.99. The summed E-state index contributed by atoms with van der Waals surface area (Å²) in [5.74, 6) is -0.490. The average Bonchev–Trinajstić information content (AvgIpc) is 2.31. The van der Waals surface area contributed by atoms with Crippen LogP contribution in [0.4, 0.5) is 0 Å². The molecule has 0 rings (SSSR count). The van der Waals surface area contributed by atoms with Gasteiger partial charge in [-0.1, -0.05) is 13.2 Å². The van der Waals surface area contributed by atoms with Crippen LogP contribution in [0.3, 0.4) is 0 Å². The summed E-state index contributed by atoms with van der Waals surface area (Å²) in [4.78, 5) is 18.5. The standard InChI is InChI=1S/C4H10O2S.2C3H4O2/c5-1-3-7-4-2-6;2*1-2-3(4)5/h5-6H,1-4H2;2*2H,1H2,(H,4,5). The van der Waals surface area contributed by atoms with Crippen LogP contribution in [-0.2, 0) is 9.59 Å². The van der Waals surface area contributed by atoms with Gasteiger partial charge in [-0.25, -0.2) is 9.59 Å². The smallest absolute Gasteiger partial charge is 0.327 e. The van der Waals surface area contributed by atoms with Gasteiger partial charge in [0.05, 0.1) is 13.2 Å². The third-order valence-corrected chi connectivity index (χ3v) is 1.76. The Bertz CT molecular complexity index is 195. The van der Waals surface area contributed by atoms with Gasteiger partial charge in [-0.2, -0.15) is 11.8 Å². The van der Waals surface area contributed by atoms with E-state index >= 15 is 0 Å². The predicted octanol–water partition coefficient (Wildman–Crippen LogP) is 0.218. The maximum absolute atomic E-state index is 9.25. The van der Waals surface area contributed by atoms with Crippen molar-refractivity contribution < 1.29 is 30.0 Å². The van der Waals surface area contributed by atoms with Gasteiger partial charge < -0.3 is 20.4 Å². The number of rotatable bonds is 6. The Labute approximate surface area is 104 Å². The maximum Gasteiger partial charge on any atom is 0.327 e. The van der Waals surface area contributed by atoms with Crippen LogP contribution in [0, 0.1) is 0 Å². The normalized spacial score (nSPS) is 7.65. The molecule has 0 aliphatic carbocycles. The van der Waals surface area contributed by atoms with E-state index in [1.807, 2.05) is 0 Å². The summed E-state index contributed by atoms with van der Waals surface area (Å²) in [6.07, 6.45) is 1.67. The number of aliphatic carboxylic acids is 2. The summed E-state index contributed by atoms with van der Waals surface area (Å²) in [6, 6.07) is 0. The Balaban J connectivity index is -0.000000177. The topological polar surface area (TPSA) is 115 Å². The zero-order valence-electron chi connectivity index (χ0n) is 9.41. The first-order chi connectivity index (χ1) is 7.95. The third kappa shape index (κ3) is 52.9. The van der Waals surface area contributed by atoms with Crippen molar-refractivity contribution in [3.8, 4) is 0 Å². The molecular weight excluding hydrogens is 248 g/mol. The van der Waals surface area contributed by atoms with Crippen LogP contribution < -0.4 is 0 Å². The van der Waals surface area contributed by atoms with Crippen molar-refractivity contribution in [2.24, 2.45) is 0 Å². The predicted molar refractivity (Wildman–Crippen MR) is 67.2 cm³/mol. The third-order valence-electron chi connectivity index (χ3n) is 0.820. The average molecular weight is 266 g/mol. The fourth-order valence-electron chi connectivity index (χ4n) is 0.231. The number of carboxylic acid groups (broad SMARTS) is 2. The molecule has 0 saturated carbocycles. The number of thioether (sulfide) groups is 1. The molecule has 0 spiro atoms. The lowest BCUT2D eigenvalue weighted by molar-refractivity contribution is -0.132. The summed E-state index contributed by atoms with van der Waals surface area (Å²) in [5.41, 5.74) is 0. The summed E-state index contributed by atoms with van der Waals surface area (Å²) in [5, 5.41) is 31.6. The summed E-state index contributed by atoms with van der Waals surface area (Å²) >= 11 is 1.55. The number of aliphatic hydroxyl groups excluding tert-OH is 2. The second-order valence-corrected chi connectivity index (χ2v) is 3.37. The second-order valence-electron chi connectivity index (χ2n) is 2.14. The lowest BCUT2D eigenvalue weighted by atomic mass is 10.7. The van der Waals surface area contributed by atoms with Gasteiger partial charge in [-0.15, -0.1) is 0 Å². The Morgan fingerprint density at radius 1 is 0.941 bits per heavy atom. The number of hydrogen-bond acceptors (Lipinski definition) is 5. The molecule has 4 N–H and O–H groups in total. The monoisotopic (exact) mass is 266 g/mol. The molecule has 100 valence electrons. The molecule has 0 aromatic carbocycles. The number of aliphatic hydroxyl groups is 2. The molecule has 0 aromatic heterocycles. The first-order valence-corrected chi connectivity index (χ1v) is 5.61. The molecule has 17 heavy (non-hydrogen) atoms. The van der Waals surface area contributed by atoms with Gasteiger partial charge >= 0.3 is 11.9 Å². The van der Waals surface area contributed by atoms with E-state index in [-0.39, 0.29) is 13.2 Å². The van der Waals surface area contributed by atoms with Crippen LogP contribution in [0.5, 0.6) is 0 Å². The maximum atomic E-state index is 9.25. The number of carboxylic acids is 2. The van der Waals surface area contributed by atoms with E-state index in [0.29, 0.717) is 0 Å². The van der Waals surface area contributed by atoms with Crippen molar-refractivity contribution in [1.29, 1.82) is 0 Å². The van der Waals surface area contributed by atoms with E-state index in [1.54, 1.807) is 11.8 Å². The molecule has 0 amide bonds. The van der Waals surface area contributed by atoms with E-state index in [2.05, 4.69) is 13.2 Å². The SMILES string of the molecule is C=CC(=O)O.C=CC(=O)O.OCCSCCO. The summed E-state index contributed by atoms with van der Waals surface area (Å²) in [6.45, 7) is 6.35. The van der Waals surface area contributed by atoms with Crippen LogP contribution in [0.25, 0.3) is 0 Å². The molecule has 0 aliphatic heterocycles. The first-order valence-electron chi connectivity index (χ1n) is 4.46. The number of hydrogen-bond donors (Lipinski definition) is 4. The summed E-state index contributed by atoms with van der Waals surface area (Å²) in [7, 11) is 0. The Hall–Kier alpha value is -1.31. The van der Waals surface area contributed by atoms with Crippen LogP contribution in [0.15, 0.2) is 25.3 Å². The molecule has 7 heteroatoms. The second kappa shape index (κ2) is 20.1. The molecule has 0 atom stereocenters. The minimum atomic E-state index is -0.981. The fraction of sp³-hybridized carbons (Fsp3) is 0.400. The molecule has 0 unspecified atom stereocenters. The van der Waals surface area contributed by atoms with Gasteiger partial charge in [-0.05, 0) is 0 Å². The molecule has 0 heterocycles.